The summed E-state index contributed by atoms with van der Waals surface area (Å²) < 4.78 is 5.77. The molecular weight excluding hydrogens is 474 g/mol. The number of nitrogens with one attached hydrogen (secondary N) is 1. The molecule has 7 heteroatoms. The maximum absolute atomic E-state index is 13.3. The van der Waals surface area contributed by atoms with Crippen LogP contribution in [0.2, 0.25) is 5.02 Å². The van der Waals surface area contributed by atoms with Crippen LogP contribution in [-0.4, -0.2) is 56.0 Å². The third-order valence-corrected chi connectivity index (χ3v) is 6.56. The predicted octanol–water partition coefficient (Wildman–Crippen LogP) is 4.36. The molecule has 1 saturated heterocycles. The number of anilines is 1. The molecule has 188 valence electrons. The molecule has 1 atom stereocenters. The third-order valence-electron chi connectivity index (χ3n) is 6.32. The van der Waals surface area contributed by atoms with Gasteiger partial charge in [-0.15, -0.1) is 0 Å². The fourth-order valence-electron chi connectivity index (χ4n) is 4.34. The van der Waals surface area contributed by atoms with Gasteiger partial charge in [0.2, 0.25) is 11.8 Å². The average Bonchev–Trinajstić information content (AvgIpc) is 2.90. The number of ether oxygens (including phenoxy) is 1. The summed E-state index contributed by atoms with van der Waals surface area (Å²) in [7, 11) is 1.80. The number of hydrogen-bond acceptors (Lipinski definition) is 4. The highest BCUT2D eigenvalue weighted by atomic mass is 35.5. The zero-order valence-electron chi connectivity index (χ0n) is 20.5. The predicted molar refractivity (Wildman–Crippen MR) is 144 cm³/mol. The molecule has 1 N–H and O–H groups in total. The molecule has 1 aliphatic rings. The van der Waals surface area contributed by atoms with E-state index in [1.807, 2.05) is 60.7 Å². The van der Waals surface area contributed by atoms with Crippen molar-refractivity contribution in [3.63, 3.8) is 0 Å². The third kappa shape index (κ3) is 6.86. The first-order valence-electron chi connectivity index (χ1n) is 12.3. The topological polar surface area (TPSA) is 61.9 Å². The number of benzene rings is 3. The van der Waals surface area contributed by atoms with E-state index in [9.17, 15) is 9.59 Å². The zero-order chi connectivity index (χ0) is 25.3. The molecule has 6 nitrogen and oxygen atoms in total. The van der Waals surface area contributed by atoms with Crippen molar-refractivity contribution in [2.24, 2.45) is 0 Å². The van der Waals surface area contributed by atoms with Crippen molar-refractivity contribution < 1.29 is 14.3 Å². The molecule has 0 aliphatic carbocycles. The largest absolute Gasteiger partial charge is 0.494 e. The van der Waals surface area contributed by atoms with Gasteiger partial charge in [-0.3, -0.25) is 14.5 Å². The van der Waals surface area contributed by atoms with Gasteiger partial charge in [0.05, 0.1) is 13.2 Å². The Kier molecular flexibility index (Phi) is 8.98. The van der Waals surface area contributed by atoms with E-state index in [1.165, 1.54) is 5.56 Å². The van der Waals surface area contributed by atoms with Crippen molar-refractivity contribution >= 4 is 29.1 Å². The maximum Gasteiger partial charge on any atom is 0.246 e. The minimum absolute atomic E-state index is 0.0614. The molecule has 4 rings (SSSR count). The SMILES string of the molecule is CN(CCc1ccccc1)C(=O)[C@H]1CNCC(=O)N1c1ccc(CCCOc2cccc(Cl)c2)cc1. The van der Waals surface area contributed by atoms with Gasteiger partial charge < -0.3 is 15.0 Å². The quantitative estimate of drug-likeness (QED) is 0.416. The van der Waals surface area contributed by atoms with Crippen molar-refractivity contribution in [1.29, 1.82) is 0 Å². The number of aryl methyl sites for hydroxylation is 1. The van der Waals surface area contributed by atoms with E-state index in [2.05, 4.69) is 17.4 Å². The van der Waals surface area contributed by atoms with E-state index in [4.69, 9.17) is 16.3 Å². The Morgan fingerprint density at radius 3 is 2.53 bits per heavy atom. The standard InChI is InChI=1S/C29H32ClN3O3/c1-32(17-16-22-7-3-2-4-8-22)29(35)27-20-31-21-28(34)33(27)25-14-12-23(13-15-25)9-6-18-36-26-11-5-10-24(30)19-26/h2-5,7-8,10-15,19,27,31H,6,9,16-18,20-21H2,1H3/t27-/m1/s1. The Bertz CT molecular complexity index is 1150. The summed E-state index contributed by atoms with van der Waals surface area (Å²) in [6, 6.07) is 24.8. The summed E-state index contributed by atoms with van der Waals surface area (Å²) in [5, 5.41) is 3.75. The Balaban J connectivity index is 1.33. The molecule has 0 spiro atoms. The summed E-state index contributed by atoms with van der Waals surface area (Å²) in [4.78, 5) is 29.5. The van der Waals surface area contributed by atoms with Crippen LogP contribution in [0.15, 0.2) is 78.9 Å². The second kappa shape index (κ2) is 12.6. The first-order chi connectivity index (χ1) is 17.5. The molecule has 3 aromatic carbocycles. The number of carbonyl (C=O) groups excluding carboxylic acids is 2. The van der Waals surface area contributed by atoms with Gasteiger partial charge in [-0.2, -0.15) is 0 Å². The van der Waals surface area contributed by atoms with E-state index in [0.717, 1.165) is 36.3 Å². The van der Waals surface area contributed by atoms with Crippen molar-refractivity contribution in [2.75, 3.05) is 38.2 Å². The van der Waals surface area contributed by atoms with Crippen molar-refractivity contribution in [1.82, 2.24) is 10.2 Å². The van der Waals surface area contributed by atoms with E-state index in [-0.39, 0.29) is 18.4 Å². The summed E-state index contributed by atoms with van der Waals surface area (Å²) in [5.74, 6) is 0.604. The van der Waals surface area contributed by atoms with Gasteiger partial charge in [0.1, 0.15) is 11.8 Å². The molecule has 3 aromatic rings. The first-order valence-corrected chi connectivity index (χ1v) is 12.7. The van der Waals surface area contributed by atoms with Crippen LogP contribution in [0.25, 0.3) is 0 Å². The van der Waals surface area contributed by atoms with Gasteiger partial charge in [0.15, 0.2) is 0 Å². The lowest BCUT2D eigenvalue weighted by atomic mass is 10.1. The van der Waals surface area contributed by atoms with Crippen LogP contribution in [0.5, 0.6) is 5.75 Å². The molecule has 1 heterocycles. The molecule has 36 heavy (non-hydrogen) atoms. The van der Waals surface area contributed by atoms with E-state index in [0.29, 0.717) is 24.7 Å². The number of likely N-dealkylation sites (N-methyl/N-ethyl adjacent to an activating group) is 1. The van der Waals surface area contributed by atoms with Crippen molar-refractivity contribution in [2.45, 2.75) is 25.3 Å². The highest BCUT2D eigenvalue weighted by Crippen LogP contribution is 2.22. The lowest BCUT2D eigenvalue weighted by Crippen LogP contribution is -2.61. The number of carbonyl (C=O) groups is 2. The fourth-order valence-corrected chi connectivity index (χ4v) is 4.52. The first kappa shape index (κ1) is 25.7. The molecule has 0 radical (unpaired) electrons. The summed E-state index contributed by atoms with van der Waals surface area (Å²) >= 11 is 6.00. The molecule has 0 unspecified atom stereocenters. The molecule has 0 saturated carbocycles. The maximum atomic E-state index is 13.3. The van der Waals surface area contributed by atoms with Crippen LogP contribution in [0, 0.1) is 0 Å². The van der Waals surface area contributed by atoms with E-state index < -0.39 is 6.04 Å². The summed E-state index contributed by atoms with van der Waals surface area (Å²) in [6.45, 7) is 1.84. The van der Waals surface area contributed by atoms with Gasteiger partial charge >= 0.3 is 0 Å². The second-order valence-corrected chi connectivity index (χ2v) is 9.42. The van der Waals surface area contributed by atoms with Crippen LogP contribution < -0.4 is 15.0 Å². The Morgan fingerprint density at radius 1 is 1.03 bits per heavy atom. The highest BCUT2D eigenvalue weighted by molar-refractivity contribution is 6.30. The molecule has 0 bridgehead atoms. The minimum atomic E-state index is -0.566. The number of nitrogens with zero attached hydrogens (tertiary/aromatic N) is 2. The fraction of sp³-hybridized carbons (Fsp3) is 0.310. The molecule has 0 aromatic heterocycles. The van der Waals surface area contributed by atoms with Crippen LogP contribution in [0.3, 0.4) is 0 Å². The van der Waals surface area contributed by atoms with E-state index in [1.54, 1.807) is 22.9 Å². The second-order valence-electron chi connectivity index (χ2n) is 8.98. The number of amides is 2. The smallest absolute Gasteiger partial charge is 0.246 e. The summed E-state index contributed by atoms with van der Waals surface area (Å²) in [5.41, 5.74) is 3.08. The normalized spacial score (nSPS) is 15.6. The van der Waals surface area contributed by atoms with Crippen molar-refractivity contribution in [3.8, 4) is 5.75 Å². The Morgan fingerprint density at radius 2 is 1.78 bits per heavy atom. The van der Waals surface area contributed by atoms with E-state index >= 15 is 0 Å². The summed E-state index contributed by atoms with van der Waals surface area (Å²) in [6.07, 6.45) is 2.47. The monoisotopic (exact) mass is 505 g/mol. The van der Waals surface area contributed by atoms with Gasteiger partial charge in [-0.05, 0) is 60.7 Å². The number of rotatable bonds is 10. The Hall–Kier alpha value is -3.35. The van der Waals surface area contributed by atoms with Gasteiger partial charge in [0, 0.05) is 30.8 Å². The van der Waals surface area contributed by atoms with Crippen LogP contribution in [-0.2, 0) is 22.4 Å². The number of hydrogen-bond donors (Lipinski definition) is 1. The molecular formula is C29H32ClN3O3. The average molecular weight is 506 g/mol. The lowest BCUT2D eigenvalue weighted by molar-refractivity contribution is -0.134. The van der Waals surface area contributed by atoms with Crippen LogP contribution in [0.4, 0.5) is 5.69 Å². The Labute approximate surface area is 217 Å². The van der Waals surface area contributed by atoms with Gasteiger partial charge in [0.25, 0.3) is 0 Å². The van der Waals surface area contributed by atoms with Gasteiger partial charge in [-0.25, -0.2) is 0 Å². The highest BCUT2D eigenvalue weighted by Gasteiger charge is 2.35. The van der Waals surface area contributed by atoms with Crippen molar-refractivity contribution in [3.05, 3.63) is 95.0 Å². The van der Waals surface area contributed by atoms with Crippen LogP contribution in [0.1, 0.15) is 17.5 Å². The molecule has 1 aliphatic heterocycles. The molecule has 2 amide bonds. The lowest BCUT2D eigenvalue weighted by Gasteiger charge is -2.37. The van der Waals surface area contributed by atoms with Gasteiger partial charge in [-0.1, -0.05) is 60.1 Å². The number of piperazine rings is 1. The number of halogens is 1. The zero-order valence-corrected chi connectivity index (χ0v) is 21.3. The molecule has 1 fully saturated rings. The van der Waals surface area contributed by atoms with Crippen LogP contribution >= 0.6 is 11.6 Å². The minimum Gasteiger partial charge on any atom is -0.494 e.